The first-order valence-corrected chi connectivity index (χ1v) is 12.1. The van der Waals surface area contributed by atoms with Gasteiger partial charge >= 0.3 is 6.41 Å². The van der Waals surface area contributed by atoms with Crippen molar-refractivity contribution in [2.45, 2.75) is 30.8 Å². The van der Waals surface area contributed by atoms with E-state index in [1.165, 1.54) is 24.2 Å². The van der Waals surface area contributed by atoms with Gasteiger partial charge in [-0.25, -0.2) is 5.01 Å². The van der Waals surface area contributed by atoms with E-state index in [4.69, 9.17) is 14.5 Å². The largest absolute Gasteiger partial charge is 0.445 e. The molecule has 6 aliphatic heterocycles. The molecule has 6 heterocycles. The smallest absolute Gasteiger partial charge is 0.323 e. The molecule has 2 saturated heterocycles. The van der Waals surface area contributed by atoms with E-state index in [0.717, 1.165) is 32.0 Å². The van der Waals surface area contributed by atoms with Gasteiger partial charge in [0.25, 0.3) is 0 Å². The number of nitrogens with zero attached hydrogens (tertiary/aromatic N) is 5. The molecule has 0 aliphatic carbocycles. The molecule has 30 heavy (non-hydrogen) atoms. The molecular weight excluding hydrogens is 420 g/mol. The molecule has 6 rings (SSSR count). The fraction of sp³-hybridized carbons (Fsp3) is 0.450. The van der Waals surface area contributed by atoms with E-state index in [1.54, 1.807) is 36.2 Å². The lowest BCUT2D eigenvalue weighted by Gasteiger charge is -2.41. The highest BCUT2D eigenvalue weighted by molar-refractivity contribution is 8.03. The number of likely N-dealkylation sites (tertiary alicyclic amines) is 1. The van der Waals surface area contributed by atoms with Gasteiger partial charge in [0.05, 0.1) is 11.4 Å². The summed E-state index contributed by atoms with van der Waals surface area (Å²) >= 11 is 3.31. The van der Waals surface area contributed by atoms with Crippen molar-refractivity contribution in [1.82, 2.24) is 24.5 Å². The van der Waals surface area contributed by atoms with Crippen molar-refractivity contribution in [1.29, 1.82) is 0 Å². The summed E-state index contributed by atoms with van der Waals surface area (Å²) in [4.78, 5) is 9.86. The normalized spacial score (nSPS) is 31.4. The average molecular weight is 445 g/mol. The first-order valence-electron chi connectivity index (χ1n) is 10.3. The molecule has 6 aliphatic rings. The molecule has 0 amide bonds. The quantitative estimate of drug-likeness (QED) is 0.509. The second-order valence-corrected chi connectivity index (χ2v) is 9.34. The number of aliphatic imine (C=N–C) groups is 1. The van der Waals surface area contributed by atoms with E-state index in [9.17, 15) is 0 Å². The number of rotatable bonds is 5. The summed E-state index contributed by atoms with van der Waals surface area (Å²) in [6.45, 7) is 4.30. The summed E-state index contributed by atoms with van der Waals surface area (Å²) < 4.78 is 15.3. The lowest BCUT2D eigenvalue weighted by Crippen LogP contribution is -2.56. The monoisotopic (exact) mass is 444 g/mol. The van der Waals surface area contributed by atoms with Crippen LogP contribution in [0.5, 0.6) is 0 Å². The zero-order valence-electron chi connectivity index (χ0n) is 16.5. The maximum absolute atomic E-state index is 5.90. The molecule has 158 valence electrons. The van der Waals surface area contributed by atoms with E-state index in [2.05, 4.69) is 42.1 Å². The maximum atomic E-state index is 5.90. The van der Waals surface area contributed by atoms with E-state index in [-0.39, 0.29) is 11.5 Å². The van der Waals surface area contributed by atoms with Crippen molar-refractivity contribution < 1.29 is 9.47 Å². The average Bonchev–Trinajstić information content (AvgIpc) is 3.21. The molecule has 0 spiro atoms. The minimum Gasteiger partial charge on any atom is -0.445 e. The lowest BCUT2D eigenvalue weighted by atomic mass is 10.2. The van der Waals surface area contributed by atoms with Gasteiger partial charge in [-0.3, -0.25) is 9.89 Å². The third-order valence-corrected chi connectivity index (χ3v) is 7.31. The van der Waals surface area contributed by atoms with Crippen molar-refractivity contribution in [3.63, 3.8) is 0 Å². The van der Waals surface area contributed by atoms with Crippen molar-refractivity contribution in [2.75, 3.05) is 26.2 Å². The number of hydrogen-bond acceptors (Lipinski definition) is 10. The highest BCUT2D eigenvalue weighted by Gasteiger charge is 2.54. The van der Waals surface area contributed by atoms with Crippen LogP contribution in [0.2, 0.25) is 0 Å². The number of ether oxygens (including phenoxy) is 2. The number of hydrazine groups is 1. The van der Waals surface area contributed by atoms with Crippen LogP contribution in [0.4, 0.5) is 0 Å². The predicted molar refractivity (Wildman–Crippen MR) is 119 cm³/mol. The van der Waals surface area contributed by atoms with Crippen molar-refractivity contribution in [3.8, 4) is 0 Å². The third-order valence-electron chi connectivity index (χ3n) is 5.77. The molecule has 1 N–H and O–H groups in total. The van der Waals surface area contributed by atoms with Crippen LogP contribution in [0, 0.1) is 0 Å². The Hall–Kier alpha value is -2.01. The van der Waals surface area contributed by atoms with Crippen LogP contribution >= 0.6 is 23.7 Å². The minimum absolute atomic E-state index is 0.0197. The van der Waals surface area contributed by atoms with Gasteiger partial charge in [0.15, 0.2) is 0 Å². The number of thioether (sulfide) groups is 1. The Morgan fingerprint density at radius 2 is 1.83 bits per heavy atom. The molecule has 8 nitrogen and oxygen atoms in total. The highest BCUT2D eigenvalue weighted by Crippen LogP contribution is 2.46. The van der Waals surface area contributed by atoms with Gasteiger partial charge in [0.1, 0.15) is 29.9 Å². The van der Waals surface area contributed by atoms with Gasteiger partial charge in [0.2, 0.25) is 0 Å². The van der Waals surface area contributed by atoms with Gasteiger partial charge in [0, 0.05) is 32.4 Å². The summed E-state index contributed by atoms with van der Waals surface area (Å²) in [6, 6.07) is 0. The summed E-state index contributed by atoms with van der Waals surface area (Å²) in [5.74, 6) is 0.989. The molecule has 2 atom stereocenters. The Kier molecular flexibility index (Phi) is 4.94. The van der Waals surface area contributed by atoms with Crippen LogP contribution in [0.1, 0.15) is 12.8 Å². The first-order chi connectivity index (χ1) is 14.9. The molecule has 0 radical (unpaired) electrons. The Morgan fingerprint density at radius 1 is 1.00 bits per heavy atom. The van der Waals surface area contributed by atoms with Crippen LogP contribution < -0.4 is 4.72 Å². The SMILES string of the molecule is C1=CSNC(N2C(C3N=CC=CS3)=C(N3CC3)C(N3CCCC3)N2C2OC=CO2)=C1. The van der Waals surface area contributed by atoms with Crippen LogP contribution in [0.25, 0.3) is 0 Å². The van der Waals surface area contributed by atoms with Crippen LogP contribution in [-0.4, -0.2) is 70.2 Å². The number of nitrogens with one attached hydrogen (secondary N) is 1. The predicted octanol–water partition coefficient (Wildman–Crippen LogP) is 2.53. The fourth-order valence-corrected chi connectivity index (χ4v) is 5.76. The molecular formula is C20H24N6O2S2. The third kappa shape index (κ3) is 3.22. The molecule has 10 heteroatoms. The molecule has 2 unspecified atom stereocenters. The van der Waals surface area contributed by atoms with Gasteiger partial charge < -0.3 is 19.1 Å². The Bertz CT molecular complexity index is 867. The first kappa shape index (κ1) is 18.7. The summed E-state index contributed by atoms with van der Waals surface area (Å²) in [7, 11) is 0. The summed E-state index contributed by atoms with van der Waals surface area (Å²) in [6.07, 6.45) is 13.3. The number of allylic oxidation sites excluding steroid dienone is 3. The lowest BCUT2D eigenvalue weighted by molar-refractivity contribution is -0.228. The molecule has 0 bridgehead atoms. The zero-order valence-corrected chi connectivity index (χ0v) is 18.1. The molecule has 0 aromatic carbocycles. The Balaban J connectivity index is 1.50. The van der Waals surface area contributed by atoms with Gasteiger partial charge in [-0.1, -0.05) is 6.08 Å². The van der Waals surface area contributed by atoms with Crippen molar-refractivity contribution >= 4 is 29.9 Å². The van der Waals surface area contributed by atoms with E-state index in [0.29, 0.717) is 0 Å². The van der Waals surface area contributed by atoms with Crippen LogP contribution in [0.15, 0.2) is 63.8 Å². The second kappa shape index (κ2) is 7.92. The summed E-state index contributed by atoms with van der Waals surface area (Å²) in [5.41, 5.74) is 2.51. The minimum atomic E-state index is -0.519. The van der Waals surface area contributed by atoms with E-state index >= 15 is 0 Å². The summed E-state index contributed by atoms with van der Waals surface area (Å²) in [5, 5.41) is 8.63. The van der Waals surface area contributed by atoms with Crippen molar-refractivity contribution in [2.24, 2.45) is 4.99 Å². The molecule has 0 saturated carbocycles. The Labute approximate surface area is 184 Å². The van der Waals surface area contributed by atoms with Gasteiger partial charge in [-0.05, 0) is 47.8 Å². The van der Waals surface area contributed by atoms with Crippen molar-refractivity contribution in [3.05, 3.63) is 58.8 Å². The maximum Gasteiger partial charge on any atom is 0.323 e. The van der Waals surface area contributed by atoms with Crippen LogP contribution in [0.3, 0.4) is 0 Å². The second-order valence-electron chi connectivity index (χ2n) is 7.63. The molecule has 0 aromatic heterocycles. The van der Waals surface area contributed by atoms with Crippen LogP contribution in [-0.2, 0) is 9.47 Å². The fourth-order valence-electron chi connectivity index (χ4n) is 4.46. The van der Waals surface area contributed by atoms with Gasteiger partial charge in [-0.2, -0.15) is 0 Å². The molecule has 2 fully saturated rings. The topological polar surface area (TPSA) is 55.6 Å². The van der Waals surface area contributed by atoms with E-state index in [1.807, 2.05) is 17.7 Å². The Morgan fingerprint density at radius 3 is 2.50 bits per heavy atom. The zero-order chi connectivity index (χ0) is 19.9. The molecule has 0 aromatic rings. The number of hydrogen-bond donors (Lipinski definition) is 1. The highest BCUT2D eigenvalue weighted by atomic mass is 32.2. The standard InChI is InChI=1S/C20H24N6O2S2/c1-2-8-24(7-1)19-17(23-9-10-23)16(18-21-6-4-13-29-18)25(15-5-3-14-30-22-15)26(19)20-27-11-12-28-20/h3-6,11-14,18-20,22H,1-2,7-10H2. The van der Waals surface area contributed by atoms with Gasteiger partial charge in [-0.15, -0.1) is 16.8 Å². The van der Waals surface area contributed by atoms with E-state index < -0.39 is 6.41 Å².